The zero-order valence-electron chi connectivity index (χ0n) is 16.1. The standard InChI is InChI=1S/C19H27N3O4/c1-13-16(14(2)26-21-13)12-25-17-8-7-15(11-18(17)24-5)19(23)20-9-6-10-22(3)4/h7-8,11H,6,9-10,12H2,1-5H3,(H,20,23). The summed E-state index contributed by atoms with van der Waals surface area (Å²) in [7, 11) is 5.57. The lowest BCUT2D eigenvalue weighted by atomic mass is 10.2. The van der Waals surface area contributed by atoms with E-state index in [4.69, 9.17) is 14.0 Å². The third kappa shape index (κ3) is 5.23. The highest BCUT2D eigenvalue weighted by atomic mass is 16.5. The largest absolute Gasteiger partial charge is 0.493 e. The van der Waals surface area contributed by atoms with Crippen LogP contribution in [0.3, 0.4) is 0 Å². The van der Waals surface area contributed by atoms with Crippen LogP contribution in [0.5, 0.6) is 11.5 Å². The number of methoxy groups -OCH3 is 1. The molecule has 0 spiro atoms. The summed E-state index contributed by atoms with van der Waals surface area (Å²) in [5.74, 6) is 1.68. The fraction of sp³-hybridized carbons (Fsp3) is 0.474. The van der Waals surface area contributed by atoms with Crippen molar-refractivity contribution in [3.63, 3.8) is 0 Å². The predicted octanol–water partition coefficient (Wildman–Crippen LogP) is 2.56. The van der Waals surface area contributed by atoms with Crippen LogP contribution in [-0.2, 0) is 6.61 Å². The summed E-state index contributed by atoms with van der Waals surface area (Å²) in [6, 6.07) is 5.15. The van der Waals surface area contributed by atoms with Crippen molar-refractivity contribution in [1.29, 1.82) is 0 Å². The van der Waals surface area contributed by atoms with Gasteiger partial charge in [-0.2, -0.15) is 0 Å². The van der Waals surface area contributed by atoms with E-state index in [2.05, 4.69) is 15.4 Å². The molecule has 1 amide bonds. The Morgan fingerprint density at radius 1 is 1.27 bits per heavy atom. The number of carbonyl (C=O) groups excluding carboxylic acids is 1. The van der Waals surface area contributed by atoms with E-state index in [9.17, 15) is 4.79 Å². The molecule has 0 bridgehead atoms. The highest BCUT2D eigenvalue weighted by Crippen LogP contribution is 2.29. The maximum Gasteiger partial charge on any atom is 0.251 e. The number of benzene rings is 1. The lowest BCUT2D eigenvalue weighted by molar-refractivity contribution is 0.0952. The number of nitrogens with zero attached hydrogens (tertiary/aromatic N) is 2. The SMILES string of the molecule is COc1cc(C(=O)NCCCN(C)C)ccc1OCc1c(C)noc1C. The molecule has 0 atom stereocenters. The molecule has 1 aromatic heterocycles. The fourth-order valence-electron chi connectivity index (χ4n) is 2.49. The Bertz CT molecular complexity index is 721. The predicted molar refractivity (Wildman–Crippen MR) is 98.8 cm³/mol. The smallest absolute Gasteiger partial charge is 0.251 e. The van der Waals surface area contributed by atoms with E-state index in [0.29, 0.717) is 30.2 Å². The molecule has 2 rings (SSSR count). The van der Waals surface area contributed by atoms with Gasteiger partial charge < -0.3 is 24.2 Å². The van der Waals surface area contributed by atoms with Gasteiger partial charge in [0.2, 0.25) is 0 Å². The quantitative estimate of drug-likeness (QED) is 0.692. The molecule has 0 saturated carbocycles. The monoisotopic (exact) mass is 361 g/mol. The van der Waals surface area contributed by atoms with Crippen molar-refractivity contribution in [2.45, 2.75) is 26.9 Å². The van der Waals surface area contributed by atoms with Crippen LogP contribution < -0.4 is 14.8 Å². The summed E-state index contributed by atoms with van der Waals surface area (Å²) < 4.78 is 16.3. The van der Waals surface area contributed by atoms with Gasteiger partial charge in [0.1, 0.15) is 12.4 Å². The highest BCUT2D eigenvalue weighted by Gasteiger charge is 2.14. The van der Waals surface area contributed by atoms with Gasteiger partial charge in [0.05, 0.1) is 18.4 Å². The van der Waals surface area contributed by atoms with E-state index in [1.165, 1.54) is 0 Å². The molecule has 0 fully saturated rings. The fourth-order valence-corrected chi connectivity index (χ4v) is 2.49. The second-order valence-corrected chi connectivity index (χ2v) is 6.37. The number of ether oxygens (including phenoxy) is 2. The van der Waals surface area contributed by atoms with Crippen LogP contribution in [0, 0.1) is 13.8 Å². The topological polar surface area (TPSA) is 76.8 Å². The third-order valence-corrected chi connectivity index (χ3v) is 4.05. The normalized spacial score (nSPS) is 10.8. The van der Waals surface area contributed by atoms with Gasteiger partial charge in [-0.05, 0) is 59.1 Å². The average molecular weight is 361 g/mol. The van der Waals surface area contributed by atoms with E-state index in [1.807, 2.05) is 27.9 Å². The molecular weight excluding hydrogens is 334 g/mol. The average Bonchev–Trinajstić information content (AvgIpc) is 2.94. The first-order valence-corrected chi connectivity index (χ1v) is 8.58. The van der Waals surface area contributed by atoms with Crippen LogP contribution in [-0.4, -0.2) is 50.3 Å². The Balaban J connectivity index is 1.99. The van der Waals surface area contributed by atoms with Gasteiger partial charge in [0.15, 0.2) is 11.5 Å². The first-order valence-electron chi connectivity index (χ1n) is 8.58. The molecule has 0 aliphatic carbocycles. The van der Waals surface area contributed by atoms with Gasteiger partial charge >= 0.3 is 0 Å². The third-order valence-electron chi connectivity index (χ3n) is 4.05. The van der Waals surface area contributed by atoms with Crippen molar-refractivity contribution < 1.29 is 18.8 Å². The number of nitrogens with one attached hydrogen (secondary N) is 1. The summed E-state index contributed by atoms with van der Waals surface area (Å²) in [4.78, 5) is 14.3. The molecule has 26 heavy (non-hydrogen) atoms. The molecule has 0 unspecified atom stereocenters. The molecule has 1 heterocycles. The summed E-state index contributed by atoms with van der Waals surface area (Å²) in [5, 5.41) is 6.82. The molecule has 1 N–H and O–H groups in total. The summed E-state index contributed by atoms with van der Waals surface area (Å²) >= 11 is 0. The Hall–Kier alpha value is -2.54. The zero-order chi connectivity index (χ0) is 19.1. The van der Waals surface area contributed by atoms with Crippen molar-refractivity contribution in [1.82, 2.24) is 15.4 Å². The molecule has 0 radical (unpaired) electrons. The van der Waals surface area contributed by atoms with Crippen LogP contribution in [0.15, 0.2) is 22.7 Å². The van der Waals surface area contributed by atoms with Crippen molar-refractivity contribution in [3.05, 3.63) is 40.8 Å². The summed E-state index contributed by atoms with van der Waals surface area (Å²) in [6.45, 7) is 5.60. The molecule has 2 aromatic rings. The molecule has 142 valence electrons. The molecule has 1 aromatic carbocycles. The van der Waals surface area contributed by atoms with Gasteiger partial charge in [-0.25, -0.2) is 0 Å². The molecule has 7 nitrogen and oxygen atoms in total. The van der Waals surface area contributed by atoms with Crippen LogP contribution in [0.4, 0.5) is 0 Å². The van der Waals surface area contributed by atoms with Crippen LogP contribution >= 0.6 is 0 Å². The Morgan fingerprint density at radius 3 is 2.65 bits per heavy atom. The zero-order valence-corrected chi connectivity index (χ0v) is 16.1. The number of amides is 1. The number of hydrogen-bond donors (Lipinski definition) is 1. The van der Waals surface area contributed by atoms with Crippen LogP contribution in [0.2, 0.25) is 0 Å². The van der Waals surface area contributed by atoms with Gasteiger partial charge in [-0.1, -0.05) is 5.16 Å². The molecule has 7 heteroatoms. The lowest BCUT2D eigenvalue weighted by Gasteiger charge is -2.13. The van der Waals surface area contributed by atoms with Gasteiger partial charge in [0.25, 0.3) is 5.91 Å². The van der Waals surface area contributed by atoms with Crippen LogP contribution in [0.1, 0.15) is 33.8 Å². The Kier molecular flexibility index (Phi) is 7.03. The van der Waals surface area contributed by atoms with Gasteiger partial charge in [0, 0.05) is 12.1 Å². The van der Waals surface area contributed by atoms with Crippen molar-refractivity contribution in [3.8, 4) is 11.5 Å². The first-order chi connectivity index (χ1) is 12.4. The molecular formula is C19H27N3O4. The van der Waals surface area contributed by atoms with E-state index >= 15 is 0 Å². The van der Waals surface area contributed by atoms with E-state index in [-0.39, 0.29) is 5.91 Å². The van der Waals surface area contributed by atoms with Crippen LogP contribution in [0.25, 0.3) is 0 Å². The second kappa shape index (κ2) is 9.24. The highest BCUT2D eigenvalue weighted by molar-refractivity contribution is 5.94. The summed E-state index contributed by atoms with van der Waals surface area (Å²) in [6.07, 6.45) is 0.897. The number of hydrogen-bond acceptors (Lipinski definition) is 6. The molecule has 0 aliphatic rings. The van der Waals surface area contributed by atoms with Gasteiger partial charge in [-0.15, -0.1) is 0 Å². The molecule has 0 saturated heterocycles. The van der Waals surface area contributed by atoms with E-state index in [1.54, 1.807) is 25.3 Å². The molecule has 0 aliphatic heterocycles. The van der Waals surface area contributed by atoms with E-state index in [0.717, 1.165) is 30.0 Å². The minimum atomic E-state index is -0.126. The minimum absolute atomic E-state index is 0.126. The lowest BCUT2D eigenvalue weighted by Crippen LogP contribution is -2.27. The summed E-state index contributed by atoms with van der Waals surface area (Å²) in [5.41, 5.74) is 2.25. The number of aryl methyl sites for hydroxylation is 2. The first kappa shape index (κ1) is 19.8. The van der Waals surface area contributed by atoms with Crippen molar-refractivity contribution in [2.24, 2.45) is 0 Å². The maximum absolute atomic E-state index is 12.3. The Labute approximate surface area is 154 Å². The number of carbonyl (C=O) groups is 1. The Morgan fingerprint density at radius 2 is 2.04 bits per heavy atom. The van der Waals surface area contributed by atoms with Crippen molar-refractivity contribution in [2.75, 3.05) is 34.3 Å². The maximum atomic E-state index is 12.3. The van der Waals surface area contributed by atoms with Crippen molar-refractivity contribution >= 4 is 5.91 Å². The minimum Gasteiger partial charge on any atom is -0.493 e. The number of aromatic nitrogens is 1. The second-order valence-electron chi connectivity index (χ2n) is 6.37. The van der Waals surface area contributed by atoms with E-state index < -0.39 is 0 Å². The number of rotatable bonds is 9. The van der Waals surface area contributed by atoms with Gasteiger partial charge in [-0.3, -0.25) is 4.79 Å².